The van der Waals surface area contributed by atoms with Crippen molar-refractivity contribution in [1.29, 1.82) is 0 Å². The fourth-order valence-electron chi connectivity index (χ4n) is 3.02. The van der Waals surface area contributed by atoms with Gasteiger partial charge < -0.3 is 14.9 Å². The first-order valence-electron chi connectivity index (χ1n) is 7.70. The van der Waals surface area contributed by atoms with Gasteiger partial charge in [0.25, 0.3) is 0 Å². The quantitative estimate of drug-likeness (QED) is 0.806. The topological polar surface area (TPSA) is 47.0 Å². The number of amides is 1. The van der Waals surface area contributed by atoms with Crippen LogP contribution >= 0.6 is 0 Å². The van der Waals surface area contributed by atoms with Crippen LogP contribution in [0.4, 0.5) is 0 Å². The minimum atomic E-state index is -0.788. The Hall–Kier alpha value is -0.650. The highest BCUT2D eigenvalue weighted by Crippen LogP contribution is 2.38. The van der Waals surface area contributed by atoms with E-state index in [0.717, 1.165) is 32.7 Å². The molecule has 0 unspecified atom stereocenters. The molecule has 0 aromatic rings. The number of piperazine rings is 1. The van der Waals surface area contributed by atoms with Gasteiger partial charge in [0.05, 0.1) is 12.1 Å². The lowest BCUT2D eigenvalue weighted by atomic mass is 9.79. The Morgan fingerprint density at radius 1 is 1.05 bits per heavy atom. The monoisotopic (exact) mass is 283 g/mol. The van der Waals surface area contributed by atoms with Crippen LogP contribution < -0.4 is 0 Å². The van der Waals surface area contributed by atoms with E-state index in [1.807, 2.05) is 25.7 Å². The average Bonchev–Trinajstić information content (AvgIpc) is 2.59. The minimum absolute atomic E-state index is 0.154. The number of carbonyl (C=O) groups is 1. The molecule has 0 saturated carbocycles. The molecule has 2 saturated heterocycles. The van der Waals surface area contributed by atoms with Gasteiger partial charge in [0.2, 0.25) is 5.91 Å². The molecule has 0 bridgehead atoms. The van der Waals surface area contributed by atoms with Crippen LogP contribution in [0.25, 0.3) is 0 Å². The molecular formula is C15H29N3O2. The number of aliphatic hydroxyl groups is 1. The van der Waals surface area contributed by atoms with E-state index in [2.05, 4.69) is 16.7 Å². The summed E-state index contributed by atoms with van der Waals surface area (Å²) in [6.07, 6.45) is 0. The Balaban J connectivity index is 1.85. The molecule has 0 aliphatic carbocycles. The van der Waals surface area contributed by atoms with Gasteiger partial charge in [-0.25, -0.2) is 0 Å². The Morgan fingerprint density at radius 2 is 1.60 bits per heavy atom. The first-order chi connectivity index (χ1) is 9.25. The molecule has 0 spiro atoms. The maximum absolute atomic E-state index is 12.4. The lowest BCUT2D eigenvalue weighted by molar-refractivity contribution is -0.132. The van der Waals surface area contributed by atoms with Crippen LogP contribution in [0, 0.1) is 5.41 Å². The van der Waals surface area contributed by atoms with Gasteiger partial charge in [0.15, 0.2) is 0 Å². The number of nitrogens with zero attached hydrogens (tertiary/aromatic N) is 3. The zero-order valence-corrected chi connectivity index (χ0v) is 13.4. The molecule has 2 rings (SSSR count). The minimum Gasteiger partial charge on any atom is -0.388 e. The second kappa shape index (κ2) is 5.62. The third kappa shape index (κ3) is 3.15. The number of hydrogen-bond donors (Lipinski definition) is 1. The molecule has 2 aliphatic rings. The third-order valence-corrected chi connectivity index (χ3v) is 5.17. The summed E-state index contributed by atoms with van der Waals surface area (Å²) >= 11 is 0. The fraction of sp³-hybridized carbons (Fsp3) is 0.933. The predicted octanol–water partition coefficient (Wildman–Crippen LogP) is 0.243. The van der Waals surface area contributed by atoms with Crippen molar-refractivity contribution in [2.24, 2.45) is 5.41 Å². The molecule has 0 radical (unpaired) electrons. The van der Waals surface area contributed by atoms with Gasteiger partial charge >= 0.3 is 0 Å². The zero-order chi connectivity index (χ0) is 15.0. The molecule has 0 aromatic carbocycles. The molecule has 2 heterocycles. The Kier molecular flexibility index (Phi) is 4.42. The number of likely N-dealkylation sites (tertiary alicyclic amines) is 1. The summed E-state index contributed by atoms with van der Waals surface area (Å²) in [7, 11) is 0. The van der Waals surface area contributed by atoms with Crippen molar-refractivity contribution in [2.45, 2.75) is 33.3 Å². The van der Waals surface area contributed by atoms with Crippen molar-refractivity contribution in [3.63, 3.8) is 0 Å². The number of likely N-dealkylation sites (N-methyl/N-ethyl adjacent to an activating group) is 1. The first-order valence-corrected chi connectivity index (χ1v) is 7.70. The summed E-state index contributed by atoms with van der Waals surface area (Å²) in [6, 6.07) is 0. The normalized spacial score (nSPS) is 31.8. The number of β-amino-alcohol motifs (C(OH)–C–C–N with tert-alkyl or cyclic N) is 1. The van der Waals surface area contributed by atoms with Crippen LogP contribution in [-0.2, 0) is 4.79 Å². The Bertz CT molecular complexity index is 344. The van der Waals surface area contributed by atoms with E-state index in [1.54, 1.807) is 0 Å². The molecular weight excluding hydrogens is 254 g/mol. The Morgan fingerprint density at radius 3 is 2.05 bits per heavy atom. The summed E-state index contributed by atoms with van der Waals surface area (Å²) in [5.74, 6) is 0.154. The number of carbonyl (C=O) groups excluding carboxylic acids is 1. The smallest absolute Gasteiger partial charge is 0.236 e. The molecule has 5 heteroatoms. The summed E-state index contributed by atoms with van der Waals surface area (Å²) in [6.45, 7) is 14.8. The highest BCUT2D eigenvalue weighted by atomic mass is 16.3. The van der Waals surface area contributed by atoms with E-state index in [9.17, 15) is 9.90 Å². The van der Waals surface area contributed by atoms with E-state index in [0.29, 0.717) is 19.6 Å². The largest absolute Gasteiger partial charge is 0.388 e. The molecule has 116 valence electrons. The molecule has 1 N–H and O–H groups in total. The van der Waals surface area contributed by atoms with E-state index in [-0.39, 0.29) is 11.3 Å². The van der Waals surface area contributed by atoms with Gasteiger partial charge in [-0.2, -0.15) is 0 Å². The Labute approximate surface area is 122 Å². The summed E-state index contributed by atoms with van der Waals surface area (Å²) < 4.78 is 0. The van der Waals surface area contributed by atoms with Gasteiger partial charge in [0.1, 0.15) is 0 Å². The van der Waals surface area contributed by atoms with Crippen molar-refractivity contribution >= 4 is 5.91 Å². The SMILES string of the molecule is CCN1CCN(CC(=O)N2CC(C)(C)[C@](C)(O)C2)CC1. The fourth-order valence-corrected chi connectivity index (χ4v) is 3.02. The maximum Gasteiger partial charge on any atom is 0.236 e. The van der Waals surface area contributed by atoms with Crippen LogP contribution in [0.1, 0.15) is 27.7 Å². The standard InChI is InChI=1S/C15H29N3O2/c1-5-16-6-8-17(9-7-16)10-13(19)18-11-14(2,3)15(4,20)12-18/h20H,5-12H2,1-4H3/t15-/m1/s1. The van der Waals surface area contributed by atoms with Crippen LogP contribution in [0.15, 0.2) is 0 Å². The van der Waals surface area contributed by atoms with Gasteiger partial charge in [0, 0.05) is 44.7 Å². The zero-order valence-electron chi connectivity index (χ0n) is 13.4. The van der Waals surface area contributed by atoms with Crippen molar-refractivity contribution in [3.8, 4) is 0 Å². The molecule has 2 fully saturated rings. The van der Waals surface area contributed by atoms with Crippen molar-refractivity contribution in [2.75, 3.05) is 52.4 Å². The van der Waals surface area contributed by atoms with Gasteiger partial charge in [-0.1, -0.05) is 20.8 Å². The van der Waals surface area contributed by atoms with E-state index in [1.165, 1.54) is 0 Å². The second-order valence-electron chi connectivity index (χ2n) is 7.12. The number of rotatable bonds is 3. The first kappa shape index (κ1) is 15.7. The van der Waals surface area contributed by atoms with Gasteiger partial charge in [-0.3, -0.25) is 9.69 Å². The van der Waals surface area contributed by atoms with Crippen molar-refractivity contribution in [1.82, 2.24) is 14.7 Å². The highest BCUT2D eigenvalue weighted by molar-refractivity contribution is 5.79. The number of hydrogen-bond acceptors (Lipinski definition) is 4. The van der Waals surface area contributed by atoms with E-state index < -0.39 is 5.60 Å². The summed E-state index contributed by atoms with van der Waals surface area (Å²) in [5.41, 5.74) is -1.02. The van der Waals surface area contributed by atoms with Crippen LogP contribution in [0.2, 0.25) is 0 Å². The van der Waals surface area contributed by atoms with Gasteiger partial charge in [-0.05, 0) is 13.5 Å². The van der Waals surface area contributed by atoms with E-state index in [4.69, 9.17) is 0 Å². The highest BCUT2D eigenvalue weighted by Gasteiger charge is 2.49. The van der Waals surface area contributed by atoms with Crippen LogP contribution in [-0.4, -0.2) is 83.7 Å². The molecule has 20 heavy (non-hydrogen) atoms. The molecule has 0 aromatic heterocycles. The predicted molar refractivity (Wildman–Crippen MR) is 79.5 cm³/mol. The second-order valence-corrected chi connectivity index (χ2v) is 7.12. The van der Waals surface area contributed by atoms with Crippen molar-refractivity contribution < 1.29 is 9.90 Å². The summed E-state index contributed by atoms with van der Waals surface area (Å²) in [5, 5.41) is 10.4. The maximum atomic E-state index is 12.4. The lowest BCUT2D eigenvalue weighted by Gasteiger charge is -2.34. The van der Waals surface area contributed by atoms with Crippen molar-refractivity contribution in [3.05, 3.63) is 0 Å². The van der Waals surface area contributed by atoms with Crippen LogP contribution in [0.5, 0.6) is 0 Å². The average molecular weight is 283 g/mol. The lowest BCUT2D eigenvalue weighted by Crippen LogP contribution is -2.49. The molecule has 2 aliphatic heterocycles. The van der Waals surface area contributed by atoms with Crippen LogP contribution in [0.3, 0.4) is 0 Å². The molecule has 1 atom stereocenters. The molecule has 5 nitrogen and oxygen atoms in total. The molecule has 1 amide bonds. The van der Waals surface area contributed by atoms with E-state index >= 15 is 0 Å². The van der Waals surface area contributed by atoms with Gasteiger partial charge in [-0.15, -0.1) is 0 Å². The summed E-state index contributed by atoms with van der Waals surface area (Å²) in [4.78, 5) is 18.9. The third-order valence-electron chi connectivity index (χ3n) is 5.17.